The Morgan fingerprint density at radius 3 is 2.03 bits per heavy atom. The number of ketones is 1. The summed E-state index contributed by atoms with van der Waals surface area (Å²) in [4.78, 5) is 27.2. The minimum absolute atomic E-state index is 0.119. The largest absolute Gasteiger partial charge is 0.493 e. The Kier molecular flexibility index (Phi) is 7.70. The highest BCUT2D eigenvalue weighted by atomic mass is 16.5. The molecule has 7 nitrogen and oxygen atoms in total. The lowest BCUT2D eigenvalue weighted by molar-refractivity contribution is -0.130. The molecule has 29 heavy (non-hydrogen) atoms. The van der Waals surface area contributed by atoms with Crippen LogP contribution in [0, 0.1) is 0 Å². The number of carbonyl (C=O) groups excluding carboxylic acids is 2. The standard InChI is InChI=1S/C22H30N2O5/c1-7-24(8-2)20(25)12-10-16-9-11-17(23(16)3)21(26)15-13-18(27-4)22(29-6)19(14-15)28-5/h9,11,13-14H,7-8,10,12H2,1-6H3. The van der Waals surface area contributed by atoms with E-state index < -0.39 is 0 Å². The molecule has 0 saturated carbocycles. The predicted molar refractivity (Wildman–Crippen MR) is 111 cm³/mol. The zero-order valence-corrected chi connectivity index (χ0v) is 18.1. The Bertz CT molecular complexity index is 843. The smallest absolute Gasteiger partial charge is 0.222 e. The highest BCUT2D eigenvalue weighted by Gasteiger charge is 2.21. The summed E-state index contributed by atoms with van der Waals surface area (Å²) < 4.78 is 17.8. The quantitative estimate of drug-likeness (QED) is 0.571. The fourth-order valence-corrected chi connectivity index (χ4v) is 3.36. The van der Waals surface area contributed by atoms with Gasteiger partial charge in [0.05, 0.1) is 27.0 Å². The van der Waals surface area contributed by atoms with Gasteiger partial charge in [-0.2, -0.15) is 0 Å². The molecular formula is C22H30N2O5. The van der Waals surface area contributed by atoms with Crippen molar-refractivity contribution in [1.29, 1.82) is 0 Å². The first-order valence-electron chi connectivity index (χ1n) is 9.68. The number of aryl methyl sites for hydroxylation is 1. The number of benzene rings is 1. The first-order chi connectivity index (χ1) is 13.9. The van der Waals surface area contributed by atoms with E-state index in [0.29, 0.717) is 54.4 Å². The number of nitrogens with zero attached hydrogens (tertiary/aromatic N) is 2. The van der Waals surface area contributed by atoms with Gasteiger partial charge in [0.1, 0.15) is 0 Å². The third kappa shape index (κ3) is 4.72. The normalized spacial score (nSPS) is 10.6. The molecule has 0 spiro atoms. The fraction of sp³-hybridized carbons (Fsp3) is 0.455. The van der Waals surface area contributed by atoms with Gasteiger partial charge in [-0.15, -0.1) is 0 Å². The van der Waals surface area contributed by atoms with Crippen molar-refractivity contribution >= 4 is 11.7 Å². The highest BCUT2D eigenvalue weighted by molar-refractivity contribution is 6.08. The van der Waals surface area contributed by atoms with Crippen molar-refractivity contribution in [3.8, 4) is 17.2 Å². The molecule has 0 saturated heterocycles. The molecule has 158 valence electrons. The van der Waals surface area contributed by atoms with Gasteiger partial charge < -0.3 is 23.7 Å². The van der Waals surface area contributed by atoms with Crippen LogP contribution < -0.4 is 14.2 Å². The summed E-state index contributed by atoms with van der Waals surface area (Å²) in [5, 5.41) is 0. The van der Waals surface area contributed by atoms with E-state index in [-0.39, 0.29) is 11.7 Å². The first-order valence-corrected chi connectivity index (χ1v) is 9.68. The van der Waals surface area contributed by atoms with E-state index in [4.69, 9.17) is 14.2 Å². The number of hydrogen-bond acceptors (Lipinski definition) is 5. The SMILES string of the molecule is CCN(CC)C(=O)CCc1ccc(C(=O)c2cc(OC)c(OC)c(OC)c2)n1C. The molecule has 0 atom stereocenters. The number of aromatic nitrogens is 1. The van der Waals surface area contributed by atoms with Crippen LogP contribution in [0.4, 0.5) is 0 Å². The van der Waals surface area contributed by atoms with E-state index in [1.54, 1.807) is 18.2 Å². The van der Waals surface area contributed by atoms with Crippen molar-refractivity contribution < 1.29 is 23.8 Å². The Labute approximate surface area is 172 Å². The van der Waals surface area contributed by atoms with E-state index in [2.05, 4.69) is 0 Å². The second-order valence-corrected chi connectivity index (χ2v) is 6.58. The van der Waals surface area contributed by atoms with Crippen LogP contribution in [-0.4, -0.2) is 55.6 Å². The van der Waals surface area contributed by atoms with Gasteiger partial charge in [0.2, 0.25) is 17.4 Å². The van der Waals surface area contributed by atoms with Crippen molar-refractivity contribution in [2.24, 2.45) is 7.05 Å². The summed E-state index contributed by atoms with van der Waals surface area (Å²) in [7, 11) is 6.38. The van der Waals surface area contributed by atoms with E-state index in [1.165, 1.54) is 21.3 Å². The van der Waals surface area contributed by atoms with Gasteiger partial charge in [-0.1, -0.05) is 0 Å². The molecule has 1 amide bonds. The average molecular weight is 402 g/mol. The number of rotatable bonds is 10. The van der Waals surface area contributed by atoms with Gasteiger partial charge in [-0.3, -0.25) is 9.59 Å². The third-order valence-corrected chi connectivity index (χ3v) is 5.10. The van der Waals surface area contributed by atoms with Crippen molar-refractivity contribution in [1.82, 2.24) is 9.47 Å². The topological polar surface area (TPSA) is 70.0 Å². The van der Waals surface area contributed by atoms with Crippen LogP contribution in [0.15, 0.2) is 24.3 Å². The molecule has 0 aliphatic heterocycles. The molecule has 2 rings (SSSR count). The molecule has 0 aliphatic rings. The summed E-state index contributed by atoms with van der Waals surface area (Å²) in [5.41, 5.74) is 1.90. The maximum Gasteiger partial charge on any atom is 0.222 e. The summed E-state index contributed by atoms with van der Waals surface area (Å²) in [5.74, 6) is 1.25. The number of amides is 1. The predicted octanol–water partition coefficient (Wildman–Crippen LogP) is 3.08. The molecule has 2 aromatic rings. The number of carbonyl (C=O) groups is 2. The fourth-order valence-electron chi connectivity index (χ4n) is 3.36. The van der Waals surface area contributed by atoms with Gasteiger partial charge in [0.15, 0.2) is 11.5 Å². The molecule has 7 heteroatoms. The van der Waals surface area contributed by atoms with Crippen LogP contribution >= 0.6 is 0 Å². The first kappa shape index (κ1) is 22.3. The van der Waals surface area contributed by atoms with E-state index in [1.807, 2.05) is 36.4 Å². The summed E-state index contributed by atoms with van der Waals surface area (Å²) in [6.07, 6.45) is 0.992. The van der Waals surface area contributed by atoms with Crippen LogP contribution in [0.5, 0.6) is 17.2 Å². The van der Waals surface area contributed by atoms with E-state index >= 15 is 0 Å². The zero-order valence-electron chi connectivity index (χ0n) is 18.1. The van der Waals surface area contributed by atoms with Gasteiger partial charge in [-0.05, 0) is 44.5 Å². The van der Waals surface area contributed by atoms with Gasteiger partial charge in [-0.25, -0.2) is 0 Å². The maximum atomic E-state index is 13.1. The molecular weight excluding hydrogens is 372 g/mol. The Balaban J connectivity index is 2.26. The second-order valence-electron chi connectivity index (χ2n) is 6.58. The lowest BCUT2D eigenvalue weighted by Crippen LogP contribution is -2.30. The van der Waals surface area contributed by atoms with Gasteiger partial charge >= 0.3 is 0 Å². The Hall–Kier alpha value is -2.96. The minimum Gasteiger partial charge on any atom is -0.493 e. The number of ether oxygens (including phenoxy) is 3. The van der Waals surface area contributed by atoms with E-state index in [0.717, 1.165) is 5.69 Å². The number of methoxy groups -OCH3 is 3. The van der Waals surface area contributed by atoms with Crippen molar-refractivity contribution in [3.05, 3.63) is 41.2 Å². The highest BCUT2D eigenvalue weighted by Crippen LogP contribution is 2.38. The van der Waals surface area contributed by atoms with Crippen LogP contribution in [0.2, 0.25) is 0 Å². The van der Waals surface area contributed by atoms with Crippen LogP contribution in [0.1, 0.15) is 42.0 Å². The Morgan fingerprint density at radius 1 is 0.966 bits per heavy atom. The molecule has 1 aromatic heterocycles. The molecule has 1 aromatic carbocycles. The lowest BCUT2D eigenvalue weighted by Gasteiger charge is -2.18. The third-order valence-electron chi connectivity index (χ3n) is 5.10. The van der Waals surface area contributed by atoms with Gasteiger partial charge in [0, 0.05) is 37.8 Å². The molecule has 0 N–H and O–H groups in total. The summed E-state index contributed by atoms with van der Waals surface area (Å²) >= 11 is 0. The molecule has 0 fully saturated rings. The van der Waals surface area contributed by atoms with Crippen molar-refractivity contribution in [2.45, 2.75) is 26.7 Å². The van der Waals surface area contributed by atoms with Crippen LogP contribution in [-0.2, 0) is 18.3 Å². The van der Waals surface area contributed by atoms with Crippen molar-refractivity contribution in [2.75, 3.05) is 34.4 Å². The molecule has 0 radical (unpaired) electrons. The van der Waals surface area contributed by atoms with E-state index in [9.17, 15) is 9.59 Å². The van der Waals surface area contributed by atoms with Crippen molar-refractivity contribution in [3.63, 3.8) is 0 Å². The monoisotopic (exact) mass is 402 g/mol. The zero-order chi connectivity index (χ0) is 21.6. The molecule has 0 unspecified atom stereocenters. The summed E-state index contributed by atoms with van der Waals surface area (Å²) in [6.45, 7) is 5.34. The van der Waals surface area contributed by atoms with Crippen LogP contribution in [0.25, 0.3) is 0 Å². The lowest BCUT2D eigenvalue weighted by atomic mass is 10.1. The summed E-state index contributed by atoms with van der Waals surface area (Å²) in [6, 6.07) is 6.95. The molecule has 1 heterocycles. The number of hydrogen-bond donors (Lipinski definition) is 0. The molecule has 0 bridgehead atoms. The minimum atomic E-state index is -0.159. The molecule has 0 aliphatic carbocycles. The van der Waals surface area contributed by atoms with Crippen LogP contribution in [0.3, 0.4) is 0 Å². The average Bonchev–Trinajstić information content (AvgIpc) is 3.11. The van der Waals surface area contributed by atoms with Gasteiger partial charge in [0.25, 0.3) is 0 Å². The Morgan fingerprint density at radius 2 is 1.55 bits per heavy atom. The maximum absolute atomic E-state index is 13.1. The second kappa shape index (κ2) is 10.0.